The van der Waals surface area contributed by atoms with E-state index in [9.17, 15) is 9.50 Å². The Bertz CT molecular complexity index is 1220. The maximum Gasteiger partial charge on any atom is 0.270 e. The molecule has 5 rings (SSSR count). The molecule has 1 unspecified atom stereocenters. The van der Waals surface area contributed by atoms with E-state index in [1.807, 2.05) is 28.1 Å². The van der Waals surface area contributed by atoms with Crippen molar-refractivity contribution in [3.05, 3.63) is 54.2 Å². The average Bonchev–Trinajstić information content (AvgIpc) is 3.33. The number of morpholine rings is 1. The fourth-order valence-electron chi connectivity index (χ4n) is 4.05. The van der Waals surface area contributed by atoms with Crippen molar-refractivity contribution in [3.8, 4) is 5.75 Å². The minimum atomic E-state index is -0.495. The zero-order chi connectivity index (χ0) is 24.9. The molecule has 2 aromatic heterocycles. The number of azo groups is 1. The van der Waals surface area contributed by atoms with Gasteiger partial charge in [-0.2, -0.15) is 10.1 Å². The van der Waals surface area contributed by atoms with E-state index < -0.39 is 5.82 Å². The lowest BCUT2D eigenvalue weighted by molar-refractivity contribution is 0.122. The number of aromatic nitrogens is 3. The molecule has 2 aliphatic heterocycles. The first kappa shape index (κ1) is 23.8. The van der Waals surface area contributed by atoms with Crippen LogP contribution in [0.1, 0.15) is 12.6 Å². The van der Waals surface area contributed by atoms with E-state index in [0.29, 0.717) is 37.9 Å². The molecule has 1 aromatic carbocycles. The molecule has 0 aliphatic carbocycles. The first-order valence-electron chi connectivity index (χ1n) is 11.8. The molecule has 1 atom stereocenters. The third-order valence-electron chi connectivity index (χ3n) is 5.87. The number of benzene rings is 1. The van der Waals surface area contributed by atoms with Crippen LogP contribution in [-0.4, -0.2) is 59.5 Å². The quantitative estimate of drug-likeness (QED) is 0.424. The third kappa shape index (κ3) is 5.83. The highest BCUT2D eigenvalue weighted by molar-refractivity contribution is 5.67. The number of aromatic hydroxyl groups is 1. The Morgan fingerprint density at radius 1 is 1.17 bits per heavy atom. The van der Waals surface area contributed by atoms with Crippen molar-refractivity contribution < 1.29 is 14.2 Å². The molecule has 11 nitrogen and oxygen atoms in total. The van der Waals surface area contributed by atoms with Gasteiger partial charge < -0.3 is 25.1 Å². The van der Waals surface area contributed by atoms with Crippen LogP contribution >= 0.6 is 0 Å². The highest BCUT2D eigenvalue weighted by Crippen LogP contribution is 2.29. The standard InChI is InChI=1S/C24H28FN9O2/c1-16-11-29-34(15-16)20-8-19(9-21(35)10-20)30-18-3-2-17(26-12-18)13-28-32-24-27-14-22(25)23(31-24)33-4-6-36-7-5-33/h2-3,8-10,12,14,16,29-30,35H,4-7,11,13,15H2,1H3. The Hall–Kier alpha value is -3.90. The normalized spacial score (nSPS) is 18.2. The topological polar surface area (TPSA) is 123 Å². The molecule has 0 spiro atoms. The molecule has 2 saturated heterocycles. The van der Waals surface area contributed by atoms with Gasteiger partial charge in [-0.3, -0.25) is 4.98 Å². The van der Waals surface area contributed by atoms with Gasteiger partial charge in [0.2, 0.25) is 0 Å². The van der Waals surface area contributed by atoms with Crippen LogP contribution in [0.2, 0.25) is 0 Å². The average molecular weight is 494 g/mol. The second kappa shape index (κ2) is 10.8. The summed E-state index contributed by atoms with van der Waals surface area (Å²) in [6.45, 7) is 6.37. The number of anilines is 4. The number of hydrazine groups is 1. The molecule has 3 N–H and O–H groups in total. The fourth-order valence-corrected chi connectivity index (χ4v) is 4.05. The summed E-state index contributed by atoms with van der Waals surface area (Å²) in [5.74, 6) is 0.532. The second-order valence-electron chi connectivity index (χ2n) is 8.82. The zero-order valence-corrected chi connectivity index (χ0v) is 19.9. The molecule has 12 heteroatoms. The summed E-state index contributed by atoms with van der Waals surface area (Å²) in [5, 5.41) is 23.6. The summed E-state index contributed by atoms with van der Waals surface area (Å²) in [5.41, 5.74) is 6.45. The number of hydrogen-bond acceptors (Lipinski definition) is 11. The maximum absolute atomic E-state index is 14.2. The van der Waals surface area contributed by atoms with Gasteiger partial charge in [-0.15, -0.1) is 5.11 Å². The minimum Gasteiger partial charge on any atom is -0.508 e. The number of ether oxygens (including phenoxy) is 1. The van der Waals surface area contributed by atoms with E-state index in [0.717, 1.165) is 36.3 Å². The summed E-state index contributed by atoms with van der Waals surface area (Å²) in [4.78, 5) is 14.3. The van der Waals surface area contributed by atoms with Gasteiger partial charge >= 0.3 is 0 Å². The summed E-state index contributed by atoms with van der Waals surface area (Å²) in [6.07, 6.45) is 2.80. The number of nitrogens with one attached hydrogen (secondary N) is 2. The van der Waals surface area contributed by atoms with E-state index in [1.165, 1.54) is 0 Å². The molecule has 2 fully saturated rings. The Labute approximate surface area is 208 Å². The van der Waals surface area contributed by atoms with Crippen LogP contribution in [0.5, 0.6) is 5.75 Å². The molecule has 0 saturated carbocycles. The molecule has 0 bridgehead atoms. The van der Waals surface area contributed by atoms with E-state index in [1.54, 1.807) is 18.3 Å². The molecule has 36 heavy (non-hydrogen) atoms. The largest absolute Gasteiger partial charge is 0.508 e. The second-order valence-corrected chi connectivity index (χ2v) is 8.82. The highest BCUT2D eigenvalue weighted by Gasteiger charge is 2.20. The van der Waals surface area contributed by atoms with Gasteiger partial charge in [0, 0.05) is 44.0 Å². The Morgan fingerprint density at radius 2 is 2.03 bits per heavy atom. The zero-order valence-electron chi connectivity index (χ0n) is 19.9. The van der Waals surface area contributed by atoms with Crippen molar-refractivity contribution in [2.75, 3.05) is 54.6 Å². The number of hydrogen-bond donors (Lipinski definition) is 3. The molecular weight excluding hydrogens is 465 g/mol. The highest BCUT2D eigenvalue weighted by atomic mass is 19.1. The van der Waals surface area contributed by atoms with Crippen molar-refractivity contribution in [2.45, 2.75) is 13.5 Å². The summed E-state index contributed by atoms with van der Waals surface area (Å²) >= 11 is 0. The van der Waals surface area contributed by atoms with E-state index in [4.69, 9.17) is 4.74 Å². The van der Waals surface area contributed by atoms with Crippen molar-refractivity contribution in [1.29, 1.82) is 0 Å². The SMILES string of the molecule is CC1CNN(c2cc(O)cc(Nc3ccc(CN=Nc4ncc(F)c(N5CCOCC5)n4)nc3)c2)C1. The van der Waals surface area contributed by atoms with E-state index in [-0.39, 0.29) is 24.1 Å². The van der Waals surface area contributed by atoms with Gasteiger partial charge in [0.15, 0.2) is 11.6 Å². The molecule has 188 valence electrons. The molecule has 3 aromatic rings. The Kier molecular flexibility index (Phi) is 7.14. The predicted molar refractivity (Wildman–Crippen MR) is 133 cm³/mol. The molecule has 0 amide bonds. The van der Waals surface area contributed by atoms with Crippen LogP contribution in [0.15, 0.2) is 53.0 Å². The van der Waals surface area contributed by atoms with Crippen molar-refractivity contribution in [3.63, 3.8) is 0 Å². The number of pyridine rings is 1. The predicted octanol–water partition coefficient (Wildman–Crippen LogP) is 3.54. The van der Waals surface area contributed by atoms with Crippen molar-refractivity contribution >= 4 is 28.8 Å². The lowest BCUT2D eigenvalue weighted by atomic mass is 10.2. The number of phenolic OH excluding ortho intramolecular Hbond substituents is 1. The van der Waals surface area contributed by atoms with Gasteiger partial charge in [-0.05, 0) is 24.1 Å². The fraction of sp³-hybridized carbons (Fsp3) is 0.375. The van der Waals surface area contributed by atoms with Gasteiger partial charge in [0.1, 0.15) is 12.3 Å². The third-order valence-corrected chi connectivity index (χ3v) is 5.87. The van der Waals surface area contributed by atoms with Gasteiger partial charge in [-0.1, -0.05) is 6.92 Å². The maximum atomic E-state index is 14.2. The number of phenols is 1. The number of nitrogens with zero attached hydrogens (tertiary/aromatic N) is 7. The molecule has 4 heterocycles. The lowest BCUT2D eigenvalue weighted by Gasteiger charge is -2.27. The summed E-state index contributed by atoms with van der Waals surface area (Å²) < 4.78 is 19.5. The molecule has 2 aliphatic rings. The smallest absolute Gasteiger partial charge is 0.270 e. The minimum absolute atomic E-state index is 0.0951. The van der Waals surface area contributed by atoms with E-state index in [2.05, 4.69) is 42.8 Å². The summed E-state index contributed by atoms with van der Waals surface area (Å²) in [6, 6.07) is 9.08. The monoisotopic (exact) mass is 493 g/mol. The van der Waals surface area contributed by atoms with Crippen LogP contribution in [0.25, 0.3) is 0 Å². The first-order chi connectivity index (χ1) is 17.5. The van der Waals surface area contributed by atoms with Crippen LogP contribution in [-0.2, 0) is 11.3 Å². The van der Waals surface area contributed by atoms with Crippen LogP contribution in [0.4, 0.5) is 33.2 Å². The van der Waals surface area contributed by atoms with E-state index >= 15 is 0 Å². The number of rotatable bonds is 7. The van der Waals surface area contributed by atoms with Crippen LogP contribution in [0.3, 0.4) is 0 Å². The lowest BCUT2D eigenvalue weighted by Crippen LogP contribution is -2.37. The Morgan fingerprint density at radius 3 is 2.78 bits per heavy atom. The van der Waals surface area contributed by atoms with Gasteiger partial charge in [0.05, 0.1) is 42.7 Å². The first-order valence-corrected chi connectivity index (χ1v) is 11.8. The van der Waals surface area contributed by atoms with Crippen LogP contribution < -0.4 is 20.7 Å². The van der Waals surface area contributed by atoms with Crippen molar-refractivity contribution in [1.82, 2.24) is 20.4 Å². The Balaban J connectivity index is 1.20. The van der Waals surface area contributed by atoms with Crippen molar-refractivity contribution in [2.24, 2.45) is 16.1 Å². The van der Waals surface area contributed by atoms with Gasteiger partial charge in [-0.25, -0.2) is 14.8 Å². The molecule has 0 radical (unpaired) electrons. The number of halogens is 1. The molecular formula is C24H28FN9O2. The summed E-state index contributed by atoms with van der Waals surface area (Å²) in [7, 11) is 0. The van der Waals surface area contributed by atoms with Gasteiger partial charge in [0.25, 0.3) is 5.95 Å². The van der Waals surface area contributed by atoms with Crippen LogP contribution in [0, 0.1) is 11.7 Å².